The number of aromatic nitrogens is 1. The van der Waals surface area contributed by atoms with Crippen LogP contribution in [0.4, 0.5) is 0 Å². The molecule has 24 heavy (non-hydrogen) atoms. The molecular weight excluding hydrogens is 302 g/mol. The van der Waals surface area contributed by atoms with Crippen molar-refractivity contribution in [3.63, 3.8) is 0 Å². The van der Waals surface area contributed by atoms with Crippen molar-refractivity contribution in [1.29, 1.82) is 0 Å². The molecule has 1 aliphatic rings. The van der Waals surface area contributed by atoms with Gasteiger partial charge in [0.1, 0.15) is 0 Å². The van der Waals surface area contributed by atoms with Crippen LogP contribution in [0.25, 0.3) is 0 Å². The maximum atomic E-state index is 12.8. The Kier molecular flexibility index (Phi) is 5.62. The van der Waals surface area contributed by atoms with Gasteiger partial charge < -0.3 is 10.6 Å². The lowest BCUT2D eigenvalue weighted by molar-refractivity contribution is -0.138. The summed E-state index contributed by atoms with van der Waals surface area (Å²) in [4.78, 5) is 29.0. The molecule has 0 aliphatic heterocycles. The van der Waals surface area contributed by atoms with E-state index in [2.05, 4.69) is 15.6 Å². The number of nitrogens with zero attached hydrogens (tertiary/aromatic N) is 1. The molecule has 1 aliphatic carbocycles. The summed E-state index contributed by atoms with van der Waals surface area (Å²) >= 11 is 0. The Balaban J connectivity index is 1.90. The van der Waals surface area contributed by atoms with Gasteiger partial charge in [-0.1, -0.05) is 26.8 Å². The van der Waals surface area contributed by atoms with Crippen LogP contribution in [0, 0.1) is 16.7 Å². The molecule has 1 fully saturated rings. The zero-order chi connectivity index (χ0) is 17.8. The first-order valence-corrected chi connectivity index (χ1v) is 8.71. The van der Waals surface area contributed by atoms with Gasteiger partial charge in [-0.3, -0.25) is 14.6 Å². The van der Waals surface area contributed by atoms with Crippen molar-refractivity contribution in [1.82, 2.24) is 15.6 Å². The Bertz CT molecular complexity index is 586. The van der Waals surface area contributed by atoms with Crippen LogP contribution in [0.15, 0.2) is 24.5 Å². The molecule has 0 spiro atoms. The summed E-state index contributed by atoms with van der Waals surface area (Å²) in [5.74, 6) is -0.0214. The Morgan fingerprint density at radius 1 is 1.33 bits per heavy atom. The maximum Gasteiger partial charge on any atom is 0.226 e. The highest BCUT2D eigenvalue weighted by Crippen LogP contribution is 2.56. The number of aryl methyl sites for hydroxylation is 1. The second-order valence-corrected chi connectivity index (χ2v) is 7.48. The van der Waals surface area contributed by atoms with Crippen LogP contribution in [0.2, 0.25) is 0 Å². The van der Waals surface area contributed by atoms with Crippen molar-refractivity contribution >= 4 is 11.8 Å². The van der Waals surface area contributed by atoms with Crippen LogP contribution in [0.1, 0.15) is 45.6 Å². The summed E-state index contributed by atoms with van der Waals surface area (Å²) in [6.07, 6.45) is 6.90. The van der Waals surface area contributed by atoms with Gasteiger partial charge in [-0.05, 0) is 42.7 Å². The van der Waals surface area contributed by atoms with Gasteiger partial charge in [-0.25, -0.2) is 0 Å². The molecule has 2 rings (SSSR count). The molecule has 1 saturated carbocycles. The third-order valence-electron chi connectivity index (χ3n) is 5.94. The Morgan fingerprint density at radius 2 is 2.08 bits per heavy atom. The number of hydrogen-bond acceptors (Lipinski definition) is 3. The van der Waals surface area contributed by atoms with Crippen LogP contribution in [-0.4, -0.2) is 30.4 Å². The summed E-state index contributed by atoms with van der Waals surface area (Å²) in [7, 11) is 1.66. The Hall–Kier alpha value is -1.91. The fourth-order valence-electron chi connectivity index (χ4n) is 3.78. The van der Waals surface area contributed by atoms with E-state index in [1.807, 2.05) is 39.1 Å². The number of hydrogen-bond donors (Lipinski definition) is 2. The number of carbonyl (C=O) groups excluding carboxylic acids is 2. The first-order chi connectivity index (χ1) is 11.3. The van der Waals surface area contributed by atoms with Gasteiger partial charge in [0.05, 0.1) is 5.41 Å². The summed E-state index contributed by atoms with van der Waals surface area (Å²) in [6.45, 7) is 6.71. The lowest BCUT2D eigenvalue weighted by Crippen LogP contribution is -2.49. The van der Waals surface area contributed by atoms with Gasteiger partial charge in [-0.2, -0.15) is 0 Å². The largest absolute Gasteiger partial charge is 0.359 e. The number of carbonyl (C=O) groups is 2. The summed E-state index contributed by atoms with van der Waals surface area (Å²) < 4.78 is 0. The molecular formula is C19H29N3O2. The highest BCUT2D eigenvalue weighted by Gasteiger charge is 2.57. The predicted octanol–water partition coefficient (Wildman–Crippen LogP) is 2.32. The Morgan fingerprint density at radius 3 is 2.71 bits per heavy atom. The molecule has 2 amide bonds. The normalized spacial score (nSPS) is 25.2. The van der Waals surface area contributed by atoms with Crippen molar-refractivity contribution in [2.24, 2.45) is 16.7 Å². The van der Waals surface area contributed by atoms with Crippen molar-refractivity contribution < 1.29 is 9.59 Å². The summed E-state index contributed by atoms with van der Waals surface area (Å²) in [6, 6.07) is 3.97. The number of nitrogens with one attached hydrogen (secondary N) is 2. The van der Waals surface area contributed by atoms with E-state index in [9.17, 15) is 9.59 Å². The smallest absolute Gasteiger partial charge is 0.226 e. The van der Waals surface area contributed by atoms with E-state index in [0.717, 1.165) is 25.7 Å². The van der Waals surface area contributed by atoms with Gasteiger partial charge in [0.2, 0.25) is 11.8 Å². The third-order valence-corrected chi connectivity index (χ3v) is 5.94. The Labute approximate surface area is 144 Å². The third kappa shape index (κ3) is 3.45. The lowest BCUT2D eigenvalue weighted by Gasteiger charge is -2.39. The summed E-state index contributed by atoms with van der Waals surface area (Å²) in [5, 5.41) is 5.81. The van der Waals surface area contributed by atoms with Gasteiger partial charge in [-0.15, -0.1) is 0 Å². The van der Waals surface area contributed by atoms with E-state index in [1.165, 1.54) is 5.56 Å². The molecule has 0 aromatic carbocycles. The first kappa shape index (κ1) is 18.4. The second-order valence-electron chi connectivity index (χ2n) is 7.48. The van der Waals surface area contributed by atoms with Gasteiger partial charge >= 0.3 is 0 Å². The van der Waals surface area contributed by atoms with Crippen LogP contribution in [0.5, 0.6) is 0 Å². The average molecular weight is 331 g/mol. The standard InChI is InChI=1S/C19H29N3O2/c1-18(2)15(16(23)20-4)9-10-19(18,3)17(24)22-12-6-8-14-7-5-11-21-13-14/h5,7,11,13,15H,6,8-10,12H2,1-4H3,(H,20,23)(H,22,24)/t15-,19+/m1/s1. The number of amides is 2. The molecule has 5 nitrogen and oxygen atoms in total. The monoisotopic (exact) mass is 331 g/mol. The molecule has 0 radical (unpaired) electrons. The highest BCUT2D eigenvalue weighted by atomic mass is 16.2. The first-order valence-electron chi connectivity index (χ1n) is 8.71. The van der Waals surface area contributed by atoms with E-state index in [-0.39, 0.29) is 23.1 Å². The van der Waals surface area contributed by atoms with Crippen molar-refractivity contribution in [2.45, 2.75) is 46.5 Å². The molecule has 0 unspecified atom stereocenters. The molecule has 0 saturated heterocycles. The topological polar surface area (TPSA) is 71.1 Å². The van der Waals surface area contributed by atoms with E-state index >= 15 is 0 Å². The highest BCUT2D eigenvalue weighted by molar-refractivity contribution is 5.87. The average Bonchev–Trinajstić information content (AvgIpc) is 2.82. The maximum absolute atomic E-state index is 12.8. The van der Waals surface area contributed by atoms with Crippen molar-refractivity contribution in [3.05, 3.63) is 30.1 Å². The molecule has 1 heterocycles. The predicted molar refractivity (Wildman–Crippen MR) is 94.2 cm³/mol. The number of pyridine rings is 1. The SMILES string of the molecule is CNC(=O)[C@H]1CC[C@@](C)(C(=O)NCCCc2cccnc2)C1(C)C. The quantitative estimate of drug-likeness (QED) is 0.786. The molecule has 5 heteroatoms. The fraction of sp³-hybridized carbons (Fsp3) is 0.632. The van der Waals surface area contributed by atoms with Gasteiger partial charge in [0.25, 0.3) is 0 Å². The number of rotatable bonds is 6. The van der Waals surface area contributed by atoms with E-state index in [4.69, 9.17) is 0 Å². The van der Waals surface area contributed by atoms with Crippen LogP contribution in [-0.2, 0) is 16.0 Å². The molecule has 1 aromatic rings. The van der Waals surface area contributed by atoms with E-state index < -0.39 is 5.41 Å². The minimum atomic E-state index is -0.515. The van der Waals surface area contributed by atoms with Crippen molar-refractivity contribution in [2.75, 3.05) is 13.6 Å². The van der Waals surface area contributed by atoms with Crippen LogP contribution < -0.4 is 10.6 Å². The molecule has 1 aromatic heterocycles. The lowest BCUT2D eigenvalue weighted by atomic mass is 9.65. The van der Waals surface area contributed by atoms with Crippen LogP contribution >= 0.6 is 0 Å². The summed E-state index contributed by atoms with van der Waals surface area (Å²) in [5.41, 5.74) is 0.303. The molecule has 132 valence electrons. The van der Waals surface area contributed by atoms with Crippen LogP contribution in [0.3, 0.4) is 0 Å². The van der Waals surface area contributed by atoms with E-state index in [1.54, 1.807) is 13.2 Å². The van der Waals surface area contributed by atoms with E-state index in [0.29, 0.717) is 6.54 Å². The molecule has 0 bridgehead atoms. The van der Waals surface area contributed by atoms with Gasteiger partial charge in [0.15, 0.2) is 0 Å². The second kappa shape index (κ2) is 7.32. The minimum Gasteiger partial charge on any atom is -0.359 e. The zero-order valence-electron chi connectivity index (χ0n) is 15.2. The minimum absolute atomic E-state index is 0.0353. The van der Waals surface area contributed by atoms with Gasteiger partial charge in [0, 0.05) is 31.9 Å². The fourth-order valence-corrected chi connectivity index (χ4v) is 3.78. The zero-order valence-corrected chi connectivity index (χ0v) is 15.2. The molecule has 2 N–H and O–H groups in total. The molecule has 2 atom stereocenters. The van der Waals surface area contributed by atoms with Crippen molar-refractivity contribution in [3.8, 4) is 0 Å².